The number of rotatable bonds is 5. The van der Waals surface area contributed by atoms with Crippen molar-refractivity contribution in [2.75, 3.05) is 20.7 Å². The zero-order chi connectivity index (χ0) is 10.4. The molecule has 0 N–H and O–H groups in total. The fraction of sp³-hybridized carbons (Fsp3) is 0.556. The van der Waals surface area contributed by atoms with Crippen LogP contribution in [0.5, 0.6) is 0 Å². The molecular formula is C9H14N2O2S. The maximum Gasteiger partial charge on any atom is 0.306 e. The van der Waals surface area contributed by atoms with E-state index in [0.29, 0.717) is 13.0 Å². The molecule has 1 aromatic rings. The van der Waals surface area contributed by atoms with Gasteiger partial charge < -0.3 is 4.74 Å². The zero-order valence-corrected chi connectivity index (χ0v) is 9.21. The van der Waals surface area contributed by atoms with Gasteiger partial charge in [-0.1, -0.05) is 0 Å². The lowest BCUT2D eigenvalue weighted by molar-refractivity contribution is -0.140. The van der Waals surface area contributed by atoms with Crippen molar-refractivity contribution in [3.63, 3.8) is 0 Å². The number of ether oxygens (including phenoxy) is 1. The predicted octanol–water partition coefficient (Wildman–Crippen LogP) is 1.14. The minimum atomic E-state index is -0.171. The molecule has 1 aromatic heterocycles. The predicted molar refractivity (Wildman–Crippen MR) is 55.1 cm³/mol. The van der Waals surface area contributed by atoms with Crippen molar-refractivity contribution >= 4 is 17.3 Å². The van der Waals surface area contributed by atoms with Crippen LogP contribution in [0.4, 0.5) is 0 Å². The number of thiazole rings is 1. The van der Waals surface area contributed by atoms with Gasteiger partial charge in [0.2, 0.25) is 0 Å². The molecule has 14 heavy (non-hydrogen) atoms. The molecule has 0 saturated heterocycles. The summed E-state index contributed by atoms with van der Waals surface area (Å²) in [6.45, 7) is 1.48. The SMILES string of the molecule is COC(=O)CCN(C)Cc1cscn1. The molecule has 5 heteroatoms. The second kappa shape index (κ2) is 5.72. The first-order valence-corrected chi connectivity index (χ1v) is 5.29. The molecule has 1 rings (SSSR count). The number of hydrogen-bond donors (Lipinski definition) is 0. The van der Waals surface area contributed by atoms with Gasteiger partial charge in [0.25, 0.3) is 0 Å². The Hall–Kier alpha value is -0.940. The van der Waals surface area contributed by atoms with E-state index in [-0.39, 0.29) is 5.97 Å². The van der Waals surface area contributed by atoms with Crippen LogP contribution in [-0.2, 0) is 16.1 Å². The Morgan fingerprint density at radius 1 is 1.71 bits per heavy atom. The van der Waals surface area contributed by atoms with E-state index in [1.165, 1.54) is 7.11 Å². The van der Waals surface area contributed by atoms with E-state index < -0.39 is 0 Å². The summed E-state index contributed by atoms with van der Waals surface area (Å²) in [6.07, 6.45) is 0.428. The fourth-order valence-electron chi connectivity index (χ4n) is 1.06. The minimum absolute atomic E-state index is 0.171. The number of carbonyl (C=O) groups excluding carboxylic acids is 1. The molecular weight excluding hydrogens is 200 g/mol. The molecule has 0 fully saturated rings. The summed E-state index contributed by atoms with van der Waals surface area (Å²) >= 11 is 1.58. The highest BCUT2D eigenvalue weighted by Gasteiger charge is 2.05. The molecule has 0 aliphatic carbocycles. The van der Waals surface area contributed by atoms with Crippen LogP contribution in [0.1, 0.15) is 12.1 Å². The third-order valence-electron chi connectivity index (χ3n) is 1.84. The van der Waals surface area contributed by atoms with E-state index in [1.807, 2.05) is 22.8 Å². The van der Waals surface area contributed by atoms with E-state index in [9.17, 15) is 4.79 Å². The van der Waals surface area contributed by atoms with Gasteiger partial charge >= 0.3 is 5.97 Å². The fourth-order valence-corrected chi connectivity index (χ4v) is 1.61. The molecule has 0 radical (unpaired) electrons. The van der Waals surface area contributed by atoms with Crippen molar-refractivity contribution in [2.24, 2.45) is 0 Å². The Bertz CT molecular complexity index is 274. The van der Waals surface area contributed by atoms with Gasteiger partial charge in [-0.05, 0) is 7.05 Å². The Kier molecular flexibility index (Phi) is 4.55. The highest BCUT2D eigenvalue weighted by Crippen LogP contribution is 2.04. The third kappa shape index (κ3) is 3.85. The van der Waals surface area contributed by atoms with E-state index in [2.05, 4.69) is 9.72 Å². The topological polar surface area (TPSA) is 42.4 Å². The van der Waals surface area contributed by atoms with Crippen molar-refractivity contribution in [3.05, 3.63) is 16.6 Å². The van der Waals surface area contributed by atoms with Crippen LogP contribution < -0.4 is 0 Å². The van der Waals surface area contributed by atoms with Crippen LogP contribution in [0.15, 0.2) is 10.9 Å². The van der Waals surface area contributed by atoms with Crippen LogP contribution >= 0.6 is 11.3 Å². The highest BCUT2D eigenvalue weighted by atomic mass is 32.1. The van der Waals surface area contributed by atoms with Gasteiger partial charge in [-0.3, -0.25) is 9.69 Å². The first-order chi connectivity index (χ1) is 6.72. The molecule has 0 saturated carbocycles. The maximum absolute atomic E-state index is 10.9. The van der Waals surface area contributed by atoms with Crippen LogP contribution in [-0.4, -0.2) is 36.6 Å². The Balaban J connectivity index is 2.22. The number of methoxy groups -OCH3 is 1. The summed E-state index contributed by atoms with van der Waals surface area (Å²) in [6, 6.07) is 0. The monoisotopic (exact) mass is 214 g/mol. The molecule has 0 aromatic carbocycles. The summed E-state index contributed by atoms with van der Waals surface area (Å²) in [5, 5.41) is 2.01. The van der Waals surface area contributed by atoms with E-state index >= 15 is 0 Å². The average Bonchev–Trinajstić information content (AvgIpc) is 2.66. The average molecular weight is 214 g/mol. The minimum Gasteiger partial charge on any atom is -0.469 e. The second-order valence-corrected chi connectivity index (χ2v) is 3.76. The molecule has 0 amide bonds. The number of nitrogens with zero attached hydrogens (tertiary/aromatic N) is 2. The summed E-state index contributed by atoms with van der Waals surface area (Å²) in [4.78, 5) is 17.1. The molecule has 0 unspecified atom stereocenters. The number of aromatic nitrogens is 1. The van der Waals surface area contributed by atoms with Gasteiger partial charge in [-0.2, -0.15) is 0 Å². The molecule has 0 aliphatic heterocycles. The number of esters is 1. The third-order valence-corrected chi connectivity index (χ3v) is 2.48. The van der Waals surface area contributed by atoms with E-state index in [1.54, 1.807) is 11.3 Å². The van der Waals surface area contributed by atoms with Crippen molar-refractivity contribution in [2.45, 2.75) is 13.0 Å². The van der Waals surface area contributed by atoms with E-state index in [4.69, 9.17) is 0 Å². The molecule has 0 bridgehead atoms. The molecule has 78 valence electrons. The maximum atomic E-state index is 10.9. The van der Waals surface area contributed by atoms with Gasteiger partial charge in [0.05, 0.1) is 24.7 Å². The molecule has 4 nitrogen and oxygen atoms in total. The Labute approximate surface area is 87.5 Å². The van der Waals surface area contributed by atoms with Crippen LogP contribution in [0.25, 0.3) is 0 Å². The van der Waals surface area contributed by atoms with Gasteiger partial charge in [-0.15, -0.1) is 11.3 Å². The van der Waals surface area contributed by atoms with Crippen LogP contribution in [0.2, 0.25) is 0 Å². The second-order valence-electron chi connectivity index (χ2n) is 3.04. The van der Waals surface area contributed by atoms with Crippen LogP contribution in [0.3, 0.4) is 0 Å². The zero-order valence-electron chi connectivity index (χ0n) is 8.40. The molecule has 0 atom stereocenters. The highest BCUT2D eigenvalue weighted by molar-refractivity contribution is 7.07. The van der Waals surface area contributed by atoms with Crippen molar-refractivity contribution < 1.29 is 9.53 Å². The number of carbonyl (C=O) groups is 1. The van der Waals surface area contributed by atoms with Crippen LogP contribution in [0, 0.1) is 0 Å². The normalized spacial score (nSPS) is 10.5. The summed E-state index contributed by atoms with van der Waals surface area (Å²) in [7, 11) is 3.37. The molecule has 0 spiro atoms. The summed E-state index contributed by atoms with van der Waals surface area (Å²) in [5.41, 5.74) is 2.85. The Morgan fingerprint density at radius 2 is 2.50 bits per heavy atom. The van der Waals surface area contributed by atoms with Gasteiger partial charge in [0, 0.05) is 18.5 Å². The smallest absolute Gasteiger partial charge is 0.306 e. The van der Waals surface area contributed by atoms with Gasteiger partial charge in [0.1, 0.15) is 0 Å². The molecule has 1 heterocycles. The largest absolute Gasteiger partial charge is 0.469 e. The van der Waals surface area contributed by atoms with Gasteiger partial charge in [-0.25, -0.2) is 4.98 Å². The standard InChI is InChI=1S/C9H14N2O2S/c1-11(4-3-9(12)13-2)5-8-6-14-7-10-8/h6-7H,3-5H2,1-2H3. The van der Waals surface area contributed by atoms with Crippen molar-refractivity contribution in [3.8, 4) is 0 Å². The number of hydrogen-bond acceptors (Lipinski definition) is 5. The molecule has 0 aliphatic rings. The lowest BCUT2D eigenvalue weighted by Crippen LogP contribution is -2.21. The lowest BCUT2D eigenvalue weighted by Gasteiger charge is -2.13. The summed E-state index contributed by atoms with van der Waals surface area (Å²) in [5.74, 6) is -0.171. The summed E-state index contributed by atoms with van der Waals surface area (Å²) < 4.78 is 4.56. The first-order valence-electron chi connectivity index (χ1n) is 4.35. The first kappa shape index (κ1) is 11.1. The quantitative estimate of drug-likeness (QED) is 0.689. The van der Waals surface area contributed by atoms with Crippen molar-refractivity contribution in [1.29, 1.82) is 0 Å². The lowest BCUT2D eigenvalue weighted by atomic mass is 10.3. The van der Waals surface area contributed by atoms with Crippen molar-refractivity contribution in [1.82, 2.24) is 9.88 Å². The Morgan fingerprint density at radius 3 is 3.07 bits per heavy atom. The van der Waals surface area contributed by atoms with Gasteiger partial charge in [0.15, 0.2) is 0 Å². The van der Waals surface area contributed by atoms with E-state index in [0.717, 1.165) is 12.2 Å².